The van der Waals surface area contributed by atoms with Gasteiger partial charge in [-0.1, -0.05) is 42.0 Å². The van der Waals surface area contributed by atoms with Crippen LogP contribution in [0.25, 0.3) is 0 Å². The smallest absolute Gasteiger partial charge is 0.311 e. The van der Waals surface area contributed by atoms with Gasteiger partial charge >= 0.3 is 5.97 Å². The SMILES string of the molecule is C=C(C)/C=C\C(=C/C)OC(=O)CCCCC1=CCCC=C1. The highest BCUT2D eigenvalue weighted by Crippen LogP contribution is 2.16. The van der Waals surface area contributed by atoms with Crippen LogP contribution in [0.3, 0.4) is 0 Å². The number of carbonyl (C=O) groups is 1. The molecule has 0 unspecified atom stereocenters. The van der Waals surface area contributed by atoms with E-state index in [-0.39, 0.29) is 5.97 Å². The van der Waals surface area contributed by atoms with Gasteiger partial charge in [-0.2, -0.15) is 0 Å². The first-order chi connectivity index (χ1) is 10.1. The molecule has 2 heteroatoms. The maximum atomic E-state index is 11.8. The Labute approximate surface area is 128 Å². The van der Waals surface area contributed by atoms with E-state index in [2.05, 4.69) is 24.8 Å². The molecule has 1 aliphatic carbocycles. The molecule has 0 radical (unpaired) electrons. The second-order valence-corrected chi connectivity index (χ2v) is 5.31. The zero-order valence-electron chi connectivity index (χ0n) is 13.2. The topological polar surface area (TPSA) is 26.3 Å². The normalized spacial score (nSPS) is 15.1. The number of carbonyl (C=O) groups excluding carboxylic acids is 1. The third-order valence-corrected chi connectivity index (χ3v) is 3.22. The van der Waals surface area contributed by atoms with E-state index >= 15 is 0 Å². The van der Waals surface area contributed by atoms with Gasteiger partial charge < -0.3 is 4.74 Å². The van der Waals surface area contributed by atoms with Gasteiger partial charge in [-0.15, -0.1) is 0 Å². The lowest BCUT2D eigenvalue weighted by atomic mass is 10.0. The zero-order valence-corrected chi connectivity index (χ0v) is 13.2. The standard InChI is InChI=1S/C19H26O2/c1-4-18(15-14-16(2)3)21-19(20)13-9-8-12-17-10-6-5-7-11-17/h4,6,10-11,14-15H,2,5,7-9,12-13H2,1,3H3/b15-14-,18-4+. The van der Waals surface area contributed by atoms with Crippen molar-refractivity contribution in [3.63, 3.8) is 0 Å². The van der Waals surface area contributed by atoms with Gasteiger partial charge in [0.25, 0.3) is 0 Å². The summed E-state index contributed by atoms with van der Waals surface area (Å²) in [6.45, 7) is 7.54. The van der Waals surface area contributed by atoms with Gasteiger partial charge in [0.05, 0.1) is 0 Å². The van der Waals surface area contributed by atoms with Crippen molar-refractivity contribution < 1.29 is 9.53 Å². The third kappa shape index (κ3) is 8.13. The molecule has 0 aromatic carbocycles. The van der Waals surface area contributed by atoms with Crippen molar-refractivity contribution >= 4 is 5.97 Å². The minimum absolute atomic E-state index is 0.164. The summed E-state index contributed by atoms with van der Waals surface area (Å²) < 4.78 is 5.31. The first-order valence-electron chi connectivity index (χ1n) is 7.68. The highest BCUT2D eigenvalue weighted by atomic mass is 16.5. The van der Waals surface area contributed by atoms with Crippen molar-refractivity contribution in [1.29, 1.82) is 0 Å². The molecule has 0 aliphatic heterocycles. The molecule has 0 saturated heterocycles. The molecule has 0 N–H and O–H groups in total. The number of allylic oxidation sites excluding steroid dienone is 8. The van der Waals surface area contributed by atoms with Crippen molar-refractivity contribution in [2.75, 3.05) is 0 Å². The molecule has 0 aromatic rings. The van der Waals surface area contributed by atoms with E-state index in [1.54, 1.807) is 12.2 Å². The van der Waals surface area contributed by atoms with E-state index < -0.39 is 0 Å². The number of unbranched alkanes of at least 4 members (excludes halogenated alkanes) is 1. The molecule has 0 atom stereocenters. The molecular formula is C19H26O2. The summed E-state index contributed by atoms with van der Waals surface area (Å²) in [6.07, 6.45) is 17.8. The van der Waals surface area contributed by atoms with Crippen molar-refractivity contribution in [3.8, 4) is 0 Å². The Morgan fingerprint density at radius 3 is 2.76 bits per heavy atom. The Morgan fingerprint density at radius 1 is 1.33 bits per heavy atom. The molecule has 1 aliphatic rings. The molecule has 0 spiro atoms. The Hall–Kier alpha value is -1.83. The van der Waals surface area contributed by atoms with Gasteiger partial charge in [-0.3, -0.25) is 4.79 Å². The van der Waals surface area contributed by atoms with E-state index in [9.17, 15) is 4.79 Å². The van der Waals surface area contributed by atoms with E-state index in [0.29, 0.717) is 12.2 Å². The summed E-state index contributed by atoms with van der Waals surface area (Å²) in [5.41, 5.74) is 2.33. The van der Waals surface area contributed by atoms with Crippen LogP contribution < -0.4 is 0 Å². The summed E-state index contributed by atoms with van der Waals surface area (Å²) in [5, 5.41) is 0. The number of hydrogen-bond acceptors (Lipinski definition) is 2. The molecule has 0 aromatic heterocycles. The van der Waals surface area contributed by atoms with Gasteiger partial charge in [-0.05, 0) is 58.1 Å². The third-order valence-electron chi connectivity index (χ3n) is 3.22. The van der Waals surface area contributed by atoms with Crippen molar-refractivity contribution in [3.05, 3.63) is 59.9 Å². The molecule has 1 rings (SSSR count). The maximum Gasteiger partial charge on any atom is 0.311 e. The quantitative estimate of drug-likeness (QED) is 0.258. The second kappa shape index (κ2) is 9.98. The van der Waals surface area contributed by atoms with E-state index in [0.717, 1.165) is 37.7 Å². The maximum absolute atomic E-state index is 11.8. The van der Waals surface area contributed by atoms with Gasteiger partial charge in [0.15, 0.2) is 0 Å². The van der Waals surface area contributed by atoms with Crippen LogP contribution in [0.5, 0.6) is 0 Å². The monoisotopic (exact) mass is 286 g/mol. The van der Waals surface area contributed by atoms with Gasteiger partial charge in [-0.25, -0.2) is 0 Å². The molecule has 114 valence electrons. The minimum Gasteiger partial charge on any atom is -0.427 e. The highest BCUT2D eigenvalue weighted by molar-refractivity contribution is 5.70. The lowest BCUT2D eigenvalue weighted by molar-refractivity contribution is -0.139. The molecule has 0 saturated carbocycles. The summed E-state index contributed by atoms with van der Waals surface area (Å²) in [5.74, 6) is 0.420. The van der Waals surface area contributed by atoms with Gasteiger partial charge in [0, 0.05) is 6.42 Å². The van der Waals surface area contributed by atoms with Crippen LogP contribution in [0.1, 0.15) is 52.4 Å². The summed E-state index contributed by atoms with van der Waals surface area (Å²) in [7, 11) is 0. The number of esters is 1. The van der Waals surface area contributed by atoms with E-state index in [4.69, 9.17) is 4.74 Å². The highest BCUT2D eigenvalue weighted by Gasteiger charge is 2.05. The molecule has 0 bridgehead atoms. The number of rotatable bonds is 8. The lowest BCUT2D eigenvalue weighted by Crippen LogP contribution is -2.03. The fraction of sp³-hybridized carbons (Fsp3) is 0.421. The first-order valence-corrected chi connectivity index (χ1v) is 7.68. The molecule has 0 fully saturated rings. The lowest BCUT2D eigenvalue weighted by Gasteiger charge is -2.07. The number of ether oxygens (including phenoxy) is 1. The van der Waals surface area contributed by atoms with E-state index in [1.165, 1.54) is 5.57 Å². The average Bonchev–Trinajstić information content (AvgIpc) is 2.49. The van der Waals surface area contributed by atoms with Crippen LogP contribution in [0, 0.1) is 0 Å². The van der Waals surface area contributed by atoms with Crippen LogP contribution in [-0.4, -0.2) is 5.97 Å². The first kappa shape index (κ1) is 17.2. The van der Waals surface area contributed by atoms with Crippen LogP contribution in [-0.2, 0) is 9.53 Å². The molecule has 2 nitrogen and oxygen atoms in total. The van der Waals surface area contributed by atoms with Crippen LogP contribution >= 0.6 is 0 Å². The Kier molecular flexibility index (Phi) is 8.18. The van der Waals surface area contributed by atoms with Gasteiger partial charge in [0.2, 0.25) is 0 Å². The summed E-state index contributed by atoms with van der Waals surface area (Å²) in [4.78, 5) is 11.8. The predicted octanol–water partition coefficient (Wildman–Crippen LogP) is 5.40. The van der Waals surface area contributed by atoms with Crippen LogP contribution in [0.15, 0.2) is 59.9 Å². The van der Waals surface area contributed by atoms with Crippen molar-refractivity contribution in [2.45, 2.75) is 52.4 Å². The van der Waals surface area contributed by atoms with Gasteiger partial charge in [0.1, 0.15) is 5.76 Å². The molecule has 0 heterocycles. The molecule has 21 heavy (non-hydrogen) atoms. The van der Waals surface area contributed by atoms with Crippen molar-refractivity contribution in [2.24, 2.45) is 0 Å². The second-order valence-electron chi connectivity index (χ2n) is 5.31. The zero-order chi connectivity index (χ0) is 15.5. The fourth-order valence-electron chi connectivity index (χ4n) is 2.05. The van der Waals surface area contributed by atoms with E-state index in [1.807, 2.05) is 19.9 Å². The van der Waals surface area contributed by atoms with Crippen molar-refractivity contribution in [1.82, 2.24) is 0 Å². The predicted molar refractivity (Wildman–Crippen MR) is 88.7 cm³/mol. The van der Waals surface area contributed by atoms with Crippen LogP contribution in [0.2, 0.25) is 0 Å². The molecular weight excluding hydrogens is 260 g/mol. The summed E-state index contributed by atoms with van der Waals surface area (Å²) >= 11 is 0. The Balaban J connectivity index is 2.22. The number of hydrogen-bond donors (Lipinski definition) is 0. The fourth-order valence-corrected chi connectivity index (χ4v) is 2.05. The minimum atomic E-state index is -0.164. The largest absolute Gasteiger partial charge is 0.427 e. The Bertz CT molecular complexity index is 476. The molecule has 0 amide bonds. The average molecular weight is 286 g/mol. The summed E-state index contributed by atoms with van der Waals surface area (Å²) in [6, 6.07) is 0. The Morgan fingerprint density at radius 2 is 2.14 bits per heavy atom. The van der Waals surface area contributed by atoms with Crippen LogP contribution in [0.4, 0.5) is 0 Å².